The van der Waals surface area contributed by atoms with Crippen LogP contribution in [0.25, 0.3) is 0 Å². The van der Waals surface area contributed by atoms with Crippen LogP contribution in [0.2, 0.25) is 0 Å². The molecule has 4 N–H and O–H groups in total. The lowest BCUT2D eigenvalue weighted by Crippen LogP contribution is -2.57. The highest BCUT2D eigenvalue weighted by Gasteiger charge is 2.33. The zero-order chi connectivity index (χ0) is 17.7. The first-order valence-corrected chi connectivity index (χ1v) is 7.76. The number of nitrogens with one attached hydrogen (secondary N) is 3. The fraction of sp³-hybridized carbons (Fsp3) is 0.733. The topological polar surface area (TPSA) is 125 Å². The molecule has 1 aliphatic heterocycles. The molecule has 1 fully saturated rings. The highest BCUT2D eigenvalue weighted by Crippen LogP contribution is 2.10. The summed E-state index contributed by atoms with van der Waals surface area (Å²) in [5.74, 6) is -2.79. The number of hydrogen-bond acceptors (Lipinski definition) is 4. The average Bonchev–Trinajstić information content (AvgIpc) is 2.87. The fourth-order valence-electron chi connectivity index (χ4n) is 2.36. The molecule has 0 spiro atoms. The second kappa shape index (κ2) is 7.94. The highest BCUT2D eigenvalue weighted by molar-refractivity contribution is 5.95. The lowest BCUT2D eigenvalue weighted by molar-refractivity contribution is -0.143. The van der Waals surface area contributed by atoms with Gasteiger partial charge in [-0.2, -0.15) is 0 Å². The minimum absolute atomic E-state index is 0.193. The molecule has 0 aromatic carbocycles. The van der Waals surface area contributed by atoms with Gasteiger partial charge in [0.1, 0.15) is 18.1 Å². The summed E-state index contributed by atoms with van der Waals surface area (Å²) in [5.41, 5.74) is 0. The number of carbonyl (C=O) groups is 4. The standard InChI is InChI=1S/C15H25N3O5/c1-7(2)11(14(21)18-12(8(3)4)15(22)23)17-13(20)9-5-6-10(19)16-9/h7-9,11-12H,5-6H2,1-4H3,(H,16,19)(H,17,20)(H,18,21)(H,22,23)/t9-,11-,12-/m0/s1. The Hall–Kier alpha value is -2.12. The third kappa shape index (κ3) is 5.22. The van der Waals surface area contributed by atoms with Crippen molar-refractivity contribution in [1.29, 1.82) is 0 Å². The number of aliphatic carboxylic acids is 1. The molecule has 0 saturated carbocycles. The van der Waals surface area contributed by atoms with E-state index in [4.69, 9.17) is 5.11 Å². The van der Waals surface area contributed by atoms with Crippen LogP contribution in [0.3, 0.4) is 0 Å². The van der Waals surface area contributed by atoms with Crippen molar-refractivity contribution in [2.24, 2.45) is 11.8 Å². The molecular formula is C15H25N3O5. The van der Waals surface area contributed by atoms with Gasteiger partial charge in [-0.15, -0.1) is 0 Å². The second-order valence-electron chi connectivity index (χ2n) is 6.46. The lowest BCUT2D eigenvalue weighted by Gasteiger charge is -2.26. The normalized spacial score (nSPS) is 20.1. The van der Waals surface area contributed by atoms with Crippen LogP contribution in [0.15, 0.2) is 0 Å². The van der Waals surface area contributed by atoms with Crippen molar-refractivity contribution in [2.75, 3.05) is 0 Å². The first kappa shape index (κ1) is 18.9. The third-order valence-corrected chi connectivity index (χ3v) is 3.79. The minimum atomic E-state index is -1.12. The Balaban J connectivity index is 2.73. The summed E-state index contributed by atoms with van der Waals surface area (Å²) >= 11 is 0. The van der Waals surface area contributed by atoms with E-state index in [1.54, 1.807) is 27.7 Å². The van der Waals surface area contributed by atoms with E-state index in [1.807, 2.05) is 0 Å². The largest absolute Gasteiger partial charge is 0.480 e. The van der Waals surface area contributed by atoms with Crippen molar-refractivity contribution in [3.05, 3.63) is 0 Å². The summed E-state index contributed by atoms with van der Waals surface area (Å²) in [6, 6.07) is -2.52. The maximum absolute atomic E-state index is 12.3. The predicted molar refractivity (Wildman–Crippen MR) is 82.3 cm³/mol. The number of carboxylic acid groups (broad SMARTS) is 1. The molecule has 0 aromatic rings. The van der Waals surface area contributed by atoms with Gasteiger partial charge in [-0.05, 0) is 18.3 Å². The molecule has 1 aliphatic rings. The SMILES string of the molecule is CC(C)[C@H](NC(=O)[C@@H](NC(=O)[C@@H]1CCC(=O)N1)C(C)C)C(=O)O. The average molecular weight is 327 g/mol. The van der Waals surface area contributed by atoms with Gasteiger partial charge in [0.25, 0.3) is 0 Å². The van der Waals surface area contributed by atoms with Crippen molar-refractivity contribution in [2.45, 2.75) is 58.7 Å². The molecule has 1 rings (SSSR count). The smallest absolute Gasteiger partial charge is 0.326 e. The van der Waals surface area contributed by atoms with E-state index in [2.05, 4.69) is 16.0 Å². The van der Waals surface area contributed by atoms with Gasteiger partial charge in [0.15, 0.2) is 0 Å². The summed E-state index contributed by atoms with van der Waals surface area (Å²) in [5, 5.41) is 16.7. The van der Waals surface area contributed by atoms with E-state index >= 15 is 0 Å². The van der Waals surface area contributed by atoms with Crippen molar-refractivity contribution in [1.82, 2.24) is 16.0 Å². The van der Waals surface area contributed by atoms with Gasteiger partial charge in [0.2, 0.25) is 17.7 Å². The molecule has 0 aliphatic carbocycles. The van der Waals surface area contributed by atoms with Gasteiger partial charge < -0.3 is 21.1 Å². The molecule has 8 nitrogen and oxygen atoms in total. The number of carbonyl (C=O) groups excluding carboxylic acids is 3. The Kier molecular flexibility index (Phi) is 6.53. The number of amides is 3. The van der Waals surface area contributed by atoms with Gasteiger partial charge in [-0.3, -0.25) is 14.4 Å². The zero-order valence-corrected chi connectivity index (χ0v) is 13.9. The second-order valence-corrected chi connectivity index (χ2v) is 6.46. The quantitative estimate of drug-likeness (QED) is 0.508. The Morgan fingerprint density at radius 1 is 1.09 bits per heavy atom. The summed E-state index contributed by atoms with van der Waals surface area (Å²) in [6.45, 7) is 6.89. The zero-order valence-electron chi connectivity index (χ0n) is 13.9. The lowest BCUT2D eigenvalue weighted by atomic mass is 10.00. The predicted octanol–water partition coefficient (Wildman–Crippen LogP) is -0.369. The number of carboxylic acids is 1. The van der Waals surface area contributed by atoms with Gasteiger partial charge in [0, 0.05) is 6.42 Å². The van der Waals surface area contributed by atoms with Crippen molar-refractivity contribution in [3.8, 4) is 0 Å². The van der Waals surface area contributed by atoms with E-state index < -0.39 is 35.9 Å². The van der Waals surface area contributed by atoms with Gasteiger partial charge in [-0.1, -0.05) is 27.7 Å². The summed E-state index contributed by atoms with van der Waals surface area (Å²) in [4.78, 5) is 46.8. The molecule has 0 aromatic heterocycles. The van der Waals surface area contributed by atoms with Crippen molar-refractivity contribution in [3.63, 3.8) is 0 Å². The molecule has 1 saturated heterocycles. The van der Waals surface area contributed by atoms with Crippen LogP contribution in [-0.4, -0.2) is 46.9 Å². The molecule has 8 heteroatoms. The van der Waals surface area contributed by atoms with Crippen molar-refractivity contribution >= 4 is 23.7 Å². The molecule has 1 heterocycles. The minimum Gasteiger partial charge on any atom is -0.480 e. The maximum atomic E-state index is 12.3. The Morgan fingerprint density at radius 2 is 1.65 bits per heavy atom. The fourth-order valence-corrected chi connectivity index (χ4v) is 2.36. The van der Waals surface area contributed by atoms with Crippen LogP contribution in [0.4, 0.5) is 0 Å². The third-order valence-electron chi connectivity index (χ3n) is 3.79. The van der Waals surface area contributed by atoms with Gasteiger partial charge in [0.05, 0.1) is 0 Å². The summed E-state index contributed by atoms with van der Waals surface area (Å²) < 4.78 is 0. The van der Waals surface area contributed by atoms with E-state index in [9.17, 15) is 19.2 Å². The van der Waals surface area contributed by atoms with Crippen molar-refractivity contribution < 1.29 is 24.3 Å². The summed E-state index contributed by atoms with van der Waals surface area (Å²) in [6.07, 6.45) is 0.673. The number of rotatable bonds is 7. The monoisotopic (exact) mass is 327 g/mol. The van der Waals surface area contributed by atoms with Crippen LogP contribution in [0, 0.1) is 11.8 Å². The van der Waals surface area contributed by atoms with E-state index in [-0.39, 0.29) is 24.2 Å². The van der Waals surface area contributed by atoms with Crippen LogP contribution >= 0.6 is 0 Å². The molecule has 23 heavy (non-hydrogen) atoms. The molecule has 0 unspecified atom stereocenters. The Morgan fingerprint density at radius 3 is 2.04 bits per heavy atom. The van der Waals surface area contributed by atoms with Gasteiger partial charge in [-0.25, -0.2) is 4.79 Å². The first-order chi connectivity index (χ1) is 10.6. The van der Waals surface area contributed by atoms with E-state index in [0.717, 1.165) is 0 Å². The maximum Gasteiger partial charge on any atom is 0.326 e. The van der Waals surface area contributed by atoms with Crippen LogP contribution in [-0.2, 0) is 19.2 Å². The molecule has 0 bridgehead atoms. The molecule has 0 radical (unpaired) electrons. The molecular weight excluding hydrogens is 302 g/mol. The molecule has 3 atom stereocenters. The van der Waals surface area contributed by atoms with Gasteiger partial charge >= 0.3 is 5.97 Å². The molecule has 3 amide bonds. The van der Waals surface area contributed by atoms with Crippen LogP contribution in [0.5, 0.6) is 0 Å². The molecule has 130 valence electrons. The van der Waals surface area contributed by atoms with E-state index in [0.29, 0.717) is 6.42 Å². The van der Waals surface area contributed by atoms with Crippen LogP contribution < -0.4 is 16.0 Å². The summed E-state index contributed by atoms with van der Waals surface area (Å²) in [7, 11) is 0. The van der Waals surface area contributed by atoms with E-state index in [1.165, 1.54) is 0 Å². The highest BCUT2D eigenvalue weighted by atomic mass is 16.4. The number of hydrogen-bond donors (Lipinski definition) is 4. The van der Waals surface area contributed by atoms with Crippen LogP contribution in [0.1, 0.15) is 40.5 Å². The Labute approximate surface area is 135 Å². The first-order valence-electron chi connectivity index (χ1n) is 7.76. The Bertz CT molecular complexity index is 490.